The molecule has 0 saturated heterocycles. The number of rotatable bonds is 4. The van der Waals surface area contributed by atoms with Crippen LogP contribution in [-0.2, 0) is 9.59 Å². The number of hydrogen-bond donors (Lipinski definition) is 2. The van der Waals surface area contributed by atoms with Crippen molar-refractivity contribution in [1.82, 2.24) is 10.4 Å². The Morgan fingerprint density at radius 2 is 1.77 bits per heavy atom. The predicted octanol–water partition coefficient (Wildman–Crippen LogP) is -0.308. The summed E-state index contributed by atoms with van der Waals surface area (Å²) >= 11 is 0. The van der Waals surface area contributed by atoms with Crippen LogP contribution in [0.4, 0.5) is 0 Å². The van der Waals surface area contributed by atoms with Crippen LogP contribution >= 0.6 is 0 Å². The number of hydrogen-bond acceptors (Lipinski definition) is 3. The molecule has 0 atom stereocenters. The van der Waals surface area contributed by atoms with Gasteiger partial charge in [0.2, 0.25) is 0 Å². The summed E-state index contributed by atoms with van der Waals surface area (Å²) in [6.07, 6.45) is 2.96. The monoisotopic (exact) mass is 184 g/mol. The molecule has 0 aliphatic heterocycles. The summed E-state index contributed by atoms with van der Waals surface area (Å²) in [5, 5.41) is 8.19. The molecule has 0 rings (SSSR count). The first-order valence-corrected chi connectivity index (χ1v) is 3.62. The van der Waals surface area contributed by atoms with Gasteiger partial charge in [-0.3, -0.25) is 14.8 Å². The van der Waals surface area contributed by atoms with Crippen LogP contribution in [0.5, 0.6) is 0 Å². The third kappa shape index (κ3) is 3.53. The number of carbonyl (C=O) groups excluding carboxylic acids is 2. The van der Waals surface area contributed by atoms with Crippen LogP contribution in [-0.4, -0.2) is 35.0 Å². The Morgan fingerprint density at radius 3 is 2.08 bits per heavy atom. The van der Waals surface area contributed by atoms with Gasteiger partial charge in [0.1, 0.15) is 0 Å². The summed E-state index contributed by atoms with van der Waals surface area (Å²) in [5.74, 6) is -1.88. The van der Waals surface area contributed by atoms with E-state index in [1.54, 1.807) is 0 Å². The van der Waals surface area contributed by atoms with Gasteiger partial charge in [0, 0.05) is 13.1 Å². The lowest BCUT2D eigenvalue weighted by molar-refractivity contribution is -0.149. The zero-order chi connectivity index (χ0) is 10.3. The van der Waals surface area contributed by atoms with Gasteiger partial charge in [-0.05, 0) is 0 Å². The van der Waals surface area contributed by atoms with E-state index in [4.69, 9.17) is 5.21 Å². The standard InChI is InChI=1S/C8H12N2O3/c1-3-5-10(6-4-2)8(12)7(11)9-13/h3-4,13H,1-2,5-6H2,(H,9,11). The minimum Gasteiger partial charge on any atom is -0.327 e. The zero-order valence-electron chi connectivity index (χ0n) is 7.19. The second-order valence-electron chi connectivity index (χ2n) is 2.23. The number of hydroxylamine groups is 1. The minimum atomic E-state index is -1.07. The van der Waals surface area contributed by atoms with Gasteiger partial charge < -0.3 is 4.90 Å². The molecule has 2 N–H and O–H groups in total. The molecule has 0 heterocycles. The van der Waals surface area contributed by atoms with Crippen LogP contribution in [0.25, 0.3) is 0 Å². The van der Waals surface area contributed by atoms with Crippen molar-refractivity contribution < 1.29 is 14.8 Å². The second kappa shape index (κ2) is 5.96. The third-order valence-electron chi connectivity index (χ3n) is 1.28. The Kier molecular flexibility index (Phi) is 5.22. The first-order valence-electron chi connectivity index (χ1n) is 3.62. The van der Waals surface area contributed by atoms with Crippen molar-refractivity contribution in [3.05, 3.63) is 25.3 Å². The average molecular weight is 184 g/mol. The van der Waals surface area contributed by atoms with E-state index in [1.165, 1.54) is 22.5 Å². The van der Waals surface area contributed by atoms with E-state index in [9.17, 15) is 9.59 Å². The first kappa shape index (κ1) is 11.4. The zero-order valence-corrected chi connectivity index (χ0v) is 7.19. The Bertz CT molecular complexity index is 215. The molecule has 2 amide bonds. The highest BCUT2D eigenvalue weighted by molar-refractivity contribution is 6.34. The summed E-state index contributed by atoms with van der Waals surface area (Å²) in [7, 11) is 0. The molecule has 5 nitrogen and oxygen atoms in total. The van der Waals surface area contributed by atoms with Gasteiger partial charge in [-0.1, -0.05) is 12.2 Å². The van der Waals surface area contributed by atoms with E-state index in [0.29, 0.717) is 0 Å². The highest BCUT2D eigenvalue weighted by Gasteiger charge is 2.18. The normalized spacial score (nSPS) is 8.69. The summed E-state index contributed by atoms with van der Waals surface area (Å²) in [6.45, 7) is 7.32. The molecule has 13 heavy (non-hydrogen) atoms. The van der Waals surface area contributed by atoms with Gasteiger partial charge >= 0.3 is 11.8 Å². The molecule has 72 valence electrons. The highest BCUT2D eigenvalue weighted by Crippen LogP contribution is 1.90. The SMILES string of the molecule is C=CCN(CC=C)C(=O)C(=O)NO. The molecule has 0 aliphatic rings. The van der Waals surface area contributed by atoms with Crippen LogP contribution in [0.15, 0.2) is 25.3 Å². The summed E-state index contributed by atoms with van der Waals surface area (Å²) in [5.41, 5.74) is 1.26. The van der Waals surface area contributed by atoms with Crippen molar-refractivity contribution >= 4 is 11.8 Å². The molecule has 0 bridgehead atoms. The number of amides is 2. The molecule has 0 fully saturated rings. The van der Waals surface area contributed by atoms with E-state index in [1.807, 2.05) is 0 Å². The molecule has 5 heteroatoms. The second-order valence-corrected chi connectivity index (χ2v) is 2.23. The Balaban J connectivity index is 4.34. The number of carbonyl (C=O) groups is 2. The van der Waals surface area contributed by atoms with Crippen molar-refractivity contribution in [1.29, 1.82) is 0 Å². The maximum atomic E-state index is 11.1. The topological polar surface area (TPSA) is 69.6 Å². The third-order valence-corrected chi connectivity index (χ3v) is 1.28. The van der Waals surface area contributed by atoms with Gasteiger partial charge in [-0.25, -0.2) is 5.48 Å². The molecule has 0 aromatic rings. The van der Waals surface area contributed by atoms with Crippen LogP contribution in [0.3, 0.4) is 0 Å². The summed E-state index contributed by atoms with van der Waals surface area (Å²) in [6, 6.07) is 0. The maximum Gasteiger partial charge on any atom is 0.332 e. The van der Waals surface area contributed by atoms with Crippen molar-refractivity contribution in [2.75, 3.05) is 13.1 Å². The average Bonchev–Trinajstić information content (AvgIpc) is 2.15. The molecule has 0 radical (unpaired) electrons. The van der Waals surface area contributed by atoms with Crippen LogP contribution in [0.2, 0.25) is 0 Å². The Hall–Kier alpha value is -1.62. The fraction of sp³-hybridized carbons (Fsp3) is 0.250. The van der Waals surface area contributed by atoms with Gasteiger partial charge in [0.15, 0.2) is 0 Å². The van der Waals surface area contributed by atoms with Gasteiger partial charge in [-0.2, -0.15) is 0 Å². The molecule has 0 unspecified atom stereocenters. The molecule has 0 aliphatic carbocycles. The van der Waals surface area contributed by atoms with E-state index < -0.39 is 11.8 Å². The largest absolute Gasteiger partial charge is 0.332 e. The van der Waals surface area contributed by atoms with E-state index in [0.717, 1.165) is 0 Å². The van der Waals surface area contributed by atoms with E-state index >= 15 is 0 Å². The molecule has 0 aromatic heterocycles. The lowest BCUT2D eigenvalue weighted by Crippen LogP contribution is -2.42. The summed E-state index contributed by atoms with van der Waals surface area (Å²) in [4.78, 5) is 23.0. The summed E-state index contributed by atoms with van der Waals surface area (Å²) < 4.78 is 0. The molecular formula is C8H12N2O3. The molecule has 0 aromatic carbocycles. The van der Waals surface area contributed by atoms with Crippen LogP contribution < -0.4 is 5.48 Å². The van der Waals surface area contributed by atoms with Crippen LogP contribution in [0, 0.1) is 0 Å². The lowest BCUT2D eigenvalue weighted by Gasteiger charge is -2.17. The highest BCUT2D eigenvalue weighted by atomic mass is 16.5. The fourth-order valence-electron chi connectivity index (χ4n) is 0.743. The minimum absolute atomic E-state index is 0.234. The Morgan fingerprint density at radius 1 is 1.31 bits per heavy atom. The maximum absolute atomic E-state index is 11.1. The van der Waals surface area contributed by atoms with E-state index in [2.05, 4.69) is 13.2 Å². The van der Waals surface area contributed by atoms with Crippen molar-refractivity contribution in [3.8, 4) is 0 Å². The van der Waals surface area contributed by atoms with Crippen molar-refractivity contribution in [2.45, 2.75) is 0 Å². The quantitative estimate of drug-likeness (QED) is 0.272. The van der Waals surface area contributed by atoms with Crippen molar-refractivity contribution in [2.24, 2.45) is 0 Å². The molecule has 0 saturated carbocycles. The van der Waals surface area contributed by atoms with E-state index in [-0.39, 0.29) is 13.1 Å². The number of nitrogens with zero attached hydrogens (tertiary/aromatic N) is 1. The van der Waals surface area contributed by atoms with Gasteiger partial charge in [0.05, 0.1) is 0 Å². The Labute approximate surface area is 76.3 Å². The fourth-order valence-corrected chi connectivity index (χ4v) is 0.743. The molecular weight excluding hydrogens is 172 g/mol. The smallest absolute Gasteiger partial charge is 0.327 e. The molecule has 0 spiro atoms. The number of nitrogens with one attached hydrogen (secondary N) is 1. The van der Waals surface area contributed by atoms with Gasteiger partial charge in [0.25, 0.3) is 0 Å². The van der Waals surface area contributed by atoms with Crippen LogP contribution in [0.1, 0.15) is 0 Å². The van der Waals surface area contributed by atoms with Crippen molar-refractivity contribution in [3.63, 3.8) is 0 Å². The van der Waals surface area contributed by atoms with Gasteiger partial charge in [-0.15, -0.1) is 13.2 Å². The predicted molar refractivity (Wildman–Crippen MR) is 46.9 cm³/mol. The lowest BCUT2D eigenvalue weighted by atomic mass is 10.4. The first-order chi connectivity index (χ1) is 6.17.